The molecule has 0 radical (unpaired) electrons. The van der Waals surface area contributed by atoms with Crippen LogP contribution < -0.4 is 15.5 Å². The molecule has 0 bridgehead atoms. The van der Waals surface area contributed by atoms with Crippen molar-refractivity contribution >= 4 is 11.7 Å². The van der Waals surface area contributed by atoms with Crippen LogP contribution in [0, 0.1) is 0 Å². The maximum absolute atomic E-state index is 11.9. The molecule has 1 aromatic rings. The van der Waals surface area contributed by atoms with Gasteiger partial charge in [-0.3, -0.25) is 4.79 Å². The van der Waals surface area contributed by atoms with Gasteiger partial charge in [-0.05, 0) is 32.9 Å². The van der Waals surface area contributed by atoms with Crippen molar-refractivity contribution < 1.29 is 4.79 Å². The molecule has 2 aliphatic heterocycles. The molecule has 0 saturated carbocycles. The maximum atomic E-state index is 11.9. The molecule has 5 nitrogen and oxygen atoms in total. The second kappa shape index (κ2) is 4.81. The largest absolute Gasteiger partial charge is 0.354 e. The summed E-state index contributed by atoms with van der Waals surface area (Å²) in [5, 5.41) is 6.03. The van der Waals surface area contributed by atoms with E-state index in [1.54, 1.807) is 0 Å². The first kappa shape index (κ1) is 12.4. The highest BCUT2D eigenvalue weighted by atomic mass is 16.1. The van der Waals surface area contributed by atoms with E-state index in [4.69, 9.17) is 4.98 Å². The first-order valence-corrected chi connectivity index (χ1v) is 6.93. The zero-order valence-corrected chi connectivity index (χ0v) is 11.5. The van der Waals surface area contributed by atoms with Gasteiger partial charge in [0, 0.05) is 36.8 Å². The highest BCUT2D eigenvalue weighted by Gasteiger charge is 2.27. The Morgan fingerprint density at radius 1 is 1.58 bits per heavy atom. The minimum Gasteiger partial charge on any atom is -0.354 e. The van der Waals surface area contributed by atoms with Gasteiger partial charge in [-0.15, -0.1) is 0 Å². The molecular formula is C14H20N4O. The zero-order chi connectivity index (χ0) is 13.4. The van der Waals surface area contributed by atoms with Gasteiger partial charge >= 0.3 is 0 Å². The molecule has 1 aromatic heterocycles. The standard InChI is InChI=1S/C14H20N4O/c1-9-4-3-5-18(9)13-6-10-11(7-16-14(10)19)12(17-13)8-15-2/h6,9,15H,3-5,7-8H2,1-2H3,(H,16,19). The summed E-state index contributed by atoms with van der Waals surface area (Å²) in [6, 6.07) is 2.47. The third kappa shape index (κ3) is 2.08. The summed E-state index contributed by atoms with van der Waals surface area (Å²) in [5.41, 5.74) is 2.84. The minimum atomic E-state index is 0.0304. The number of carbonyl (C=O) groups is 1. The van der Waals surface area contributed by atoms with Crippen molar-refractivity contribution in [2.45, 2.75) is 38.9 Å². The minimum absolute atomic E-state index is 0.0304. The van der Waals surface area contributed by atoms with Gasteiger partial charge in [-0.1, -0.05) is 0 Å². The Bertz CT molecular complexity index is 514. The molecule has 1 fully saturated rings. The SMILES string of the molecule is CNCc1nc(N2CCCC2C)cc2c1CNC2=O. The molecule has 1 amide bonds. The Morgan fingerprint density at radius 3 is 3.11 bits per heavy atom. The summed E-state index contributed by atoms with van der Waals surface area (Å²) in [6.07, 6.45) is 2.40. The monoisotopic (exact) mass is 260 g/mol. The third-order valence-corrected chi connectivity index (χ3v) is 4.06. The molecule has 1 atom stereocenters. The fourth-order valence-electron chi connectivity index (χ4n) is 3.01. The van der Waals surface area contributed by atoms with Crippen molar-refractivity contribution in [3.05, 3.63) is 22.9 Å². The number of pyridine rings is 1. The quantitative estimate of drug-likeness (QED) is 0.852. The number of amides is 1. The van der Waals surface area contributed by atoms with Gasteiger partial charge in [0.05, 0.1) is 5.69 Å². The third-order valence-electron chi connectivity index (χ3n) is 4.06. The Hall–Kier alpha value is -1.62. The van der Waals surface area contributed by atoms with E-state index in [0.717, 1.165) is 29.2 Å². The fourth-order valence-corrected chi connectivity index (χ4v) is 3.01. The second-order valence-electron chi connectivity index (χ2n) is 5.35. The predicted molar refractivity (Wildman–Crippen MR) is 74.2 cm³/mol. The summed E-state index contributed by atoms with van der Waals surface area (Å²) < 4.78 is 0. The Kier molecular flexibility index (Phi) is 3.14. The van der Waals surface area contributed by atoms with E-state index in [9.17, 15) is 4.79 Å². The van der Waals surface area contributed by atoms with E-state index in [0.29, 0.717) is 19.1 Å². The smallest absolute Gasteiger partial charge is 0.252 e. The lowest BCUT2D eigenvalue weighted by Gasteiger charge is -2.24. The van der Waals surface area contributed by atoms with E-state index in [-0.39, 0.29) is 5.91 Å². The number of hydrogen-bond acceptors (Lipinski definition) is 4. The Morgan fingerprint density at radius 2 is 2.42 bits per heavy atom. The molecule has 2 aliphatic rings. The molecule has 0 aromatic carbocycles. The molecule has 102 valence electrons. The normalized spacial score (nSPS) is 21.7. The molecule has 1 unspecified atom stereocenters. The maximum Gasteiger partial charge on any atom is 0.252 e. The first-order valence-electron chi connectivity index (χ1n) is 6.93. The lowest BCUT2D eigenvalue weighted by Crippen LogP contribution is -2.28. The summed E-state index contributed by atoms with van der Waals surface area (Å²) in [4.78, 5) is 19.0. The topological polar surface area (TPSA) is 57.3 Å². The second-order valence-corrected chi connectivity index (χ2v) is 5.35. The summed E-state index contributed by atoms with van der Waals surface area (Å²) in [6.45, 7) is 4.56. The van der Waals surface area contributed by atoms with Crippen LogP contribution in [-0.2, 0) is 13.1 Å². The van der Waals surface area contributed by atoms with Crippen molar-refractivity contribution in [2.75, 3.05) is 18.5 Å². The number of hydrogen-bond donors (Lipinski definition) is 2. The average Bonchev–Trinajstić information content (AvgIpc) is 2.97. The van der Waals surface area contributed by atoms with E-state index in [1.165, 1.54) is 12.8 Å². The highest BCUT2D eigenvalue weighted by Crippen LogP contribution is 2.28. The van der Waals surface area contributed by atoms with Gasteiger partial charge in [0.2, 0.25) is 0 Å². The predicted octanol–water partition coefficient (Wildman–Crippen LogP) is 1.03. The number of nitrogens with one attached hydrogen (secondary N) is 2. The molecule has 3 heterocycles. The molecule has 0 aliphatic carbocycles. The highest BCUT2D eigenvalue weighted by molar-refractivity contribution is 5.99. The molecule has 3 rings (SSSR count). The van der Waals surface area contributed by atoms with Crippen LogP contribution >= 0.6 is 0 Å². The average molecular weight is 260 g/mol. The lowest BCUT2D eigenvalue weighted by atomic mass is 10.1. The summed E-state index contributed by atoms with van der Waals surface area (Å²) in [5.74, 6) is 0.980. The summed E-state index contributed by atoms with van der Waals surface area (Å²) >= 11 is 0. The van der Waals surface area contributed by atoms with Crippen molar-refractivity contribution in [3.63, 3.8) is 0 Å². The Labute approximate surface area is 113 Å². The van der Waals surface area contributed by atoms with Gasteiger partial charge in [-0.25, -0.2) is 4.98 Å². The number of anilines is 1. The van der Waals surface area contributed by atoms with Crippen LogP contribution in [0.1, 0.15) is 41.4 Å². The van der Waals surface area contributed by atoms with Gasteiger partial charge in [0.25, 0.3) is 5.91 Å². The lowest BCUT2D eigenvalue weighted by molar-refractivity contribution is 0.0965. The van der Waals surface area contributed by atoms with Crippen molar-refractivity contribution in [2.24, 2.45) is 0 Å². The molecule has 0 spiro atoms. The first-order chi connectivity index (χ1) is 9.20. The molecule has 1 saturated heterocycles. The number of aromatic nitrogens is 1. The Balaban J connectivity index is 2.04. The number of carbonyl (C=O) groups excluding carboxylic acids is 1. The van der Waals surface area contributed by atoms with Crippen molar-refractivity contribution in [3.8, 4) is 0 Å². The van der Waals surface area contributed by atoms with Crippen LogP contribution in [0.2, 0.25) is 0 Å². The van der Waals surface area contributed by atoms with Crippen molar-refractivity contribution in [1.29, 1.82) is 0 Å². The van der Waals surface area contributed by atoms with Crippen LogP contribution in [0.25, 0.3) is 0 Å². The van der Waals surface area contributed by atoms with Gasteiger partial charge in [0.15, 0.2) is 0 Å². The number of fused-ring (bicyclic) bond motifs is 1. The molecule has 2 N–H and O–H groups in total. The number of nitrogens with zero attached hydrogens (tertiary/aromatic N) is 2. The van der Waals surface area contributed by atoms with Gasteiger partial charge in [-0.2, -0.15) is 0 Å². The fraction of sp³-hybridized carbons (Fsp3) is 0.571. The molecular weight excluding hydrogens is 240 g/mol. The van der Waals surface area contributed by atoms with Crippen LogP contribution in [0.3, 0.4) is 0 Å². The van der Waals surface area contributed by atoms with Crippen LogP contribution in [0.15, 0.2) is 6.07 Å². The summed E-state index contributed by atoms with van der Waals surface area (Å²) in [7, 11) is 1.91. The number of rotatable bonds is 3. The van der Waals surface area contributed by atoms with Gasteiger partial charge < -0.3 is 15.5 Å². The molecule has 19 heavy (non-hydrogen) atoms. The van der Waals surface area contributed by atoms with E-state index >= 15 is 0 Å². The van der Waals surface area contributed by atoms with E-state index in [1.807, 2.05) is 13.1 Å². The van der Waals surface area contributed by atoms with Crippen LogP contribution in [0.4, 0.5) is 5.82 Å². The van der Waals surface area contributed by atoms with Crippen LogP contribution in [-0.4, -0.2) is 30.5 Å². The zero-order valence-electron chi connectivity index (χ0n) is 11.5. The van der Waals surface area contributed by atoms with Crippen molar-refractivity contribution in [1.82, 2.24) is 15.6 Å². The molecule has 5 heteroatoms. The van der Waals surface area contributed by atoms with Gasteiger partial charge in [0.1, 0.15) is 5.82 Å². The van der Waals surface area contributed by atoms with E-state index < -0.39 is 0 Å². The van der Waals surface area contributed by atoms with E-state index in [2.05, 4.69) is 22.5 Å². The van der Waals surface area contributed by atoms with Crippen LogP contribution in [0.5, 0.6) is 0 Å².